The van der Waals surface area contributed by atoms with E-state index in [9.17, 15) is 0 Å². The van der Waals surface area contributed by atoms with Crippen LogP contribution in [0.3, 0.4) is 0 Å². The van der Waals surface area contributed by atoms with Crippen LogP contribution in [0.4, 0.5) is 0 Å². The summed E-state index contributed by atoms with van der Waals surface area (Å²) in [6.45, 7) is 7.53. The van der Waals surface area contributed by atoms with Crippen molar-refractivity contribution < 1.29 is 5.21 Å². The van der Waals surface area contributed by atoms with Gasteiger partial charge in [0.15, 0.2) is 0 Å². The lowest BCUT2D eigenvalue weighted by Gasteiger charge is -2.21. The Kier molecular flexibility index (Phi) is 9.27. The molecule has 90 valence electrons. The molecule has 0 aromatic heterocycles. The van der Waals surface area contributed by atoms with E-state index in [-0.39, 0.29) is 0 Å². The number of unbranched alkanes of at least 4 members (excludes halogenated alkanes) is 2. The van der Waals surface area contributed by atoms with Crippen molar-refractivity contribution in [1.82, 2.24) is 4.90 Å². The minimum Gasteiger partial charge on any atom is -0.409 e. The summed E-state index contributed by atoms with van der Waals surface area (Å²) in [7, 11) is 0. The third-order valence-corrected chi connectivity index (χ3v) is 2.47. The van der Waals surface area contributed by atoms with Crippen molar-refractivity contribution in [1.29, 1.82) is 0 Å². The number of hydrogen-bond acceptors (Lipinski definition) is 3. The largest absolute Gasteiger partial charge is 0.409 e. The summed E-state index contributed by atoms with van der Waals surface area (Å²) < 4.78 is 0. The molecule has 0 saturated carbocycles. The highest BCUT2D eigenvalue weighted by Crippen LogP contribution is 2.00. The summed E-state index contributed by atoms with van der Waals surface area (Å²) in [6.07, 6.45) is 5.53. The number of amidine groups is 1. The van der Waals surface area contributed by atoms with Gasteiger partial charge in [-0.3, -0.25) is 0 Å². The van der Waals surface area contributed by atoms with Crippen molar-refractivity contribution in [3.63, 3.8) is 0 Å². The first-order valence-electron chi connectivity index (χ1n) is 5.93. The zero-order chi connectivity index (χ0) is 11.5. The van der Waals surface area contributed by atoms with E-state index in [4.69, 9.17) is 10.9 Å². The average molecular weight is 215 g/mol. The highest BCUT2D eigenvalue weighted by molar-refractivity contribution is 5.79. The first-order chi connectivity index (χ1) is 7.24. The SMILES string of the molecule is CCCCN(CCCC)CC/C(N)=N/O. The Morgan fingerprint density at radius 3 is 2.07 bits per heavy atom. The van der Waals surface area contributed by atoms with Crippen LogP contribution in [0, 0.1) is 0 Å². The molecule has 0 bridgehead atoms. The maximum absolute atomic E-state index is 8.44. The fourth-order valence-electron chi connectivity index (χ4n) is 1.42. The summed E-state index contributed by atoms with van der Waals surface area (Å²) in [5.74, 6) is 0.327. The first-order valence-corrected chi connectivity index (χ1v) is 5.93. The summed E-state index contributed by atoms with van der Waals surface area (Å²) >= 11 is 0. The molecule has 15 heavy (non-hydrogen) atoms. The summed E-state index contributed by atoms with van der Waals surface area (Å²) in [6, 6.07) is 0. The van der Waals surface area contributed by atoms with Gasteiger partial charge in [-0.2, -0.15) is 0 Å². The molecule has 0 fully saturated rings. The van der Waals surface area contributed by atoms with Crippen molar-refractivity contribution in [2.45, 2.75) is 46.0 Å². The standard InChI is InChI=1S/C11H25N3O/c1-3-5-8-14(9-6-4-2)10-7-11(12)13-15/h15H,3-10H2,1-2H3,(H2,12,13). The van der Waals surface area contributed by atoms with Gasteiger partial charge in [0.1, 0.15) is 5.84 Å². The van der Waals surface area contributed by atoms with E-state index in [1.54, 1.807) is 0 Å². The minimum absolute atomic E-state index is 0.327. The third-order valence-electron chi connectivity index (χ3n) is 2.47. The fraction of sp³-hybridized carbons (Fsp3) is 0.909. The zero-order valence-corrected chi connectivity index (χ0v) is 10.1. The van der Waals surface area contributed by atoms with Crippen LogP contribution >= 0.6 is 0 Å². The molecule has 0 saturated heterocycles. The molecule has 3 N–H and O–H groups in total. The van der Waals surface area contributed by atoms with E-state index in [0.29, 0.717) is 12.3 Å². The summed E-state index contributed by atoms with van der Waals surface area (Å²) in [5.41, 5.74) is 5.45. The Balaban J connectivity index is 3.78. The summed E-state index contributed by atoms with van der Waals surface area (Å²) in [5, 5.41) is 11.4. The third kappa shape index (κ3) is 8.24. The molecule has 0 radical (unpaired) electrons. The normalized spacial score (nSPS) is 12.3. The molecule has 0 aromatic rings. The average Bonchev–Trinajstić information content (AvgIpc) is 2.27. The van der Waals surface area contributed by atoms with Gasteiger partial charge in [0.25, 0.3) is 0 Å². The smallest absolute Gasteiger partial charge is 0.140 e. The highest BCUT2D eigenvalue weighted by Gasteiger charge is 2.04. The van der Waals surface area contributed by atoms with Gasteiger partial charge in [-0.1, -0.05) is 31.8 Å². The van der Waals surface area contributed by atoms with Crippen LogP contribution in [0.25, 0.3) is 0 Å². The number of rotatable bonds is 9. The lowest BCUT2D eigenvalue weighted by Crippen LogP contribution is -2.30. The molecule has 0 amide bonds. The monoisotopic (exact) mass is 215 g/mol. The van der Waals surface area contributed by atoms with Crippen LogP contribution in [-0.4, -0.2) is 35.6 Å². The fourth-order valence-corrected chi connectivity index (χ4v) is 1.42. The van der Waals surface area contributed by atoms with Gasteiger partial charge in [0.05, 0.1) is 0 Å². The van der Waals surface area contributed by atoms with Gasteiger partial charge in [0.2, 0.25) is 0 Å². The van der Waals surface area contributed by atoms with E-state index in [1.807, 2.05) is 0 Å². The van der Waals surface area contributed by atoms with Gasteiger partial charge < -0.3 is 15.8 Å². The molecule has 0 spiro atoms. The molecule has 0 heterocycles. The molecule has 4 nitrogen and oxygen atoms in total. The first kappa shape index (κ1) is 14.2. The molecule has 0 rings (SSSR count). The molecular weight excluding hydrogens is 190 g/mol. The number of oxime groups is 1. The number of nitrogens with zero attached hydrogens (tertiary/aromatic N) is 2. The van der Waals surface area contributed by atoms with Gasteiger partial charge in [-0.15, -0.1) is 0 Å². The van der Waals surface area contributed by atoms with E-state index in [1.165, 1.54) is 25.7 Å². The van der Waals surface area contributed by atoms with Crippen LogP contribution in [0.1, 0.15) is 46.0 Å². The van der Waals surface area contributed by atoms with Gasteiger partial charge in [-0.25, -0.2) is 0 Å². The van der Waals surface area contributed by atoms with Crippen LogP contribution < -0.4 is 5.73 Å². The molecule has 0 unspecified atom stereocenters. The van der Waals surface area contributed by atoms with Crippen molar-refractivity contribution >= 4 is 5.84 Å². The summed E-state index contributed by atoms with van der Waals surface area (Å²) in [4.78, 5) is 2.39. The van der Waals surface area contributed by atoms with E-state index < -0.39 is 0 Å². The second kappa shape index (κ2) is 9.77. The molecule has 0 aromatic carbocycles. The molecular formula is C11H25N3O. The zero-order valence-electron chi connectivity index (χ0n) is 10.1. The molecule has 0 aliphatic heterocycles. The minimum atomic E-state index is 0.327. The molecule has 4 heteroatoms. The van der Waals surface area contributed by atoms with E-state index in [2.05, 4.69) is 23.9 Å². The number of hydrogen-bond donors (Lipinski definition) is 2. The Morgan fingerprint density at radius 2 is 1.67 bits per heavy atom. The Bertz CT molecular complexity index is 163. The Labute approximate surface area is 93.1 Å². The van der Waals surface area contributed by atoms with Gasteiger partial charge in [0, 0.05) is 13.0 Å². The van der Waals surface area contributed by atoms with Crippen LogP contribution in [0.15, 0.2) is 5.16 Å². The maximum Gasteiger partial charge on any atom is 0.140 e. The highest BCUT2D eigenvalue weighted by atomic mass is 16.4. The van der Waals surface area contributed by atoms with E-state index >= 15 is 0 Å². The van der Waals surface area contributed by atoms with Crippen molar-refractivity contribution in [3.8, 4) is 0 Å². The molecule has 0 aliphatic carbocycles. The van der Waals surface area contributed by atoms with Crippen molar-refractivity contribution in [2.24, 2.45) is 10.9 Å². The lowest BCUT2D eigenvalue weighted by atomic mass is 10.2. The second-order valence-corrected chi connectivity index (χ2v) is 3.89. The maximum atomic E-state index is 8.44. The predicted octanol–water partition coefficient (Wildman–Crippen LogP) is 2.03. The van der Waals surface area contributed by atoms with Crippen molar-refractivity contribution in [2.75, 3.05) is 19.6 Å². The van der Waals surface area contributed by atoms with E-state index in [0.717, 1.165) is 19.6 Å². The second-order valence-electron chi connectivity index (χ2n) is 3.89. The Hall–Kier alpha value is -0.770. The topological polar surface area (TPSA) is 61.8 Å². The Morgan fingerprint density at radius 1 is 1.13 bits per heavy atom. The molecule has 0 atom stereocenters. The molecule has 0 aliphatic rings. The lowest BCUT2D eigenvalue weighted by molar-refractivity contribution is 0.269. The number of nitrogens with two attached hydrogens (primary N) is 1. The van der Waals surface area contributed by atoms with Gasteiger partial charge >= 0.3 is 0 Å². The van der Waals surface area contributed by atoms with Crippen molar-refractivity contribution in [3.05, 3.63) is 0 Å². The predicted molar refractivity (Wildman–Crippen MR) is 64.3 cm³/mol. The van der Waals surface area contributed by atoms with Crippen LogP contribution in [0.2, 0.25) is 0 Å². The quantitative estimate of drug-likeness (QED) is 0.268. The van der Waals surface area contributed by atoms with Crippen LogP contribution in [-0.2, 0) is 0 Å². The van der Waals surface area contributed by atoms with Gasteiger partial charge in [-0.05, 0) is 25.9 Å². The van der Waals surface area contributed by atoms with Crippen LogP contribution in [0.5, 0.6) is 0 Å².